The molecule has 0 saturated carbocycles. The van der Waals surface area contributed by atoms with Crippen LogP contribution in [0, 0.1) is 0 Å². The molecule has 0 bridgehead atoms. The van der Waals surface area contributed by atoms with Crippen molar-refractivity contribution in [1.29, 1.82) is 0 Å². The third-order valence-electron chi connectivity index (χ3n) is 3.64. The quantitative estimate of drug-likeness (QED) is 0.663. The number of rotatable bonds is 7. The van der Waals surface area contributed by atoms with Crippen molar-refractivity contribution < 1.29 is 9.64 Å². The van der Waals surface area contributed by atoms with E-state index in [9.17, 15) is 4.79 Å². The summed E-state index contributed by atoms with van der Waals surface area (Å²) in [6, 6.07) is 9.68. The maximum absolute atomic E-state index is 12.0. The number of quaternary nitrogens is 1. The first kappa shape index (κ1) is 16.4. The second-order valence-corrected chi connectivity index (χ2v) is 6.57. The zero-order valence-electron chi connectivity index (χ0n) is 13.6. The first-order valence-corrected chi connectivity index (χ1v) is 8.63. The monoisotopic (exact) mass is 342 g/mol. The van der Waals surface area contributed by atoms with Crippen LogP contribution in [0.5, 0.6) is 5.75 Å². The van der Waals surface area contributed by atoms with E-state index < -0.39 is 0 Å². The molecule has 0 aliphatic carbocycles. The summed E-state index contributed by atoms with van der Waals surface area (Å²) in [7, 11) is 2.10. The average Bonchev–Trinajstić information content (AvgIpc) is 3.03. The normalized spacial score (nSPS) is 12.2. The summed E-state index contributed by atoms with van der Waals surface area (Å²) in [5.74, 6) is 0.842. The Hall–Kier alpha value is -2.44. The Morgan fingerprint density at radius 2 is 2.12 bits per heavy atom. The Morgan fingerprint density at radius 3 is 2.88 bits per heavy atom. The lowest BCUT2D eigenvalue weighted by Crippen LogP contribution is -3.06. The summed E-state index contributed by atoms with van der Waals surface area (Å²) in [6.45, 7) is 5.71. The van der Waals surface area contributed by atoms with Crippen LogP contribution in [0.1, 0.15) is 11.3 Å². The molecule has 0 fully saturated rings. The van der Waals surface area contributed by atoms with E-state index in [0.29, 0.717) is 13.2 Å². The molecular formula is C18H20N3O2S+. The molecule has 0 saturated heterocycles. The molecule has 124 valence electrons. The van der Waals surface area contributed by atoms with Crippen LogP contribution in [0.4, 0.5) is 0 Å². The van der Waals surface area contributed by atoms with Gasteiger partial charge in [-0.05, 0) is 24.3 Å². The number of benzene rings is 1. The van der Waals surface area contributed by atoms with Gasteiger partial charge in [0, 0.05) is 23.2 Å². The number of hydrogen-bond acceptors (Lipinski definition) is 4. The fraction of sp³-hybridized carbons (Fsp3) is 0.222. The second kappa shape index (κ2) is 7.42. The van der Waals surface area contributed by atoms with Crippen LogP contribution in [0.2, 0.25) is 0 Å². The minimum Gasteiger partial charge on any atom is -0.490 e. The van der Waals surface area contributed by atoms with Gasteiger partial charge in [-0.15, -0.1) is 11.3 Å². The van der Waals surface area contributed by atoms with Crippen LogP contribution in [0.25, 0.3) is 4.96 Å². The van der Waals surface area contributed by atoms with Crippen molar-refractivity contribution in [2.45, 2.75) is 13.1 Å². The number of hydrogen-bond donors (Lipinski definition) is 1. The Kier molecular flexibility index (Phi) is 5.08. The third-order valence-corrected chi connectivity index (χ3v) is 4.39. The van der Waals surface area contributed by atoms with E-state index in [4.69, 9.17) is 4.74 Å². The van der Waals surface area contributed by atoms with Crippen molar-refractivity contribution in [2.75, 3.05) is 13.7 Å². The number of nitrogens with zero attached hydrogens (tertiary/aromatic N) is 2. The van der Waals surface area contributed by atoms with Gasteiger partial charge in [0.1, 0.15) is 31.1 Å². The Labute approximate surface area is 144 Å². The van der Waals surface area contributed by atoms with Crippen LogP contribution >= 0.6 is 11.3 Å². The maximum atomic E-state index is 12.0. The molecule has 0 spiro atoms. The highest BCUT2D eigenvalue weighted by atomic mass is 32.1. The molecule has 0 radical (unpaired) electrons. The number of nitrogens with one attached hydrogen (secondary N) is 1. The van der Waals surface area contributed by atoms with E-state index in [0.717, 1.165) is 22.9 Å². The largest absolute Gasteiger partial charge is 0.490 e. The first-order chi connectivity index (χ1) is 11.7. The number of aromatic nitrogens is 2. The molecule has 0 amide bonds. The van der Waals surface area contributed by atoms with Crippen LogP contribution in [-0.4, -0.2) is 23.0 Å². The minimum absolute atomic E-state index is 0.0206. The molecule has 1 aromatic carbocycles. The molecule has 1 atom stereocenters. The predicted octanol–water partition coefficient (Wildman–Crippen LogP) is 1.54. The molecule has 5 nitrogen and oxygen atoms in total. The van der Waals surface area contributed by atoms with E-state index in [1.807, 2.05) is 17.5 Å². The van der Waals surface area contributed by atoms with Gasteiger partial charge in [-0.1, -0.05) is 12.7 Å². The van der Waals surface area contributed by atoms with Crippen molar-refractivity contribution in [2.24, 2.45) is 0 Å². The molecule has 1 unspecified atom stereocenters. The van der Waals surface area contributed by atoms with Crippen molar-refractivity contribution in [3.05, 3.63) is 76.2 Å². The highest BCUT2D eigenvalue weighted by molar-refractivity contribution is 7.15. The Balaban J connectivity index is 1.64. The van der Waals surface area contributed by atoms with E-state index in [1.54, 1.807) is 22.7 Å². The molecule has 1 N–H and O–H groups in total. The zero-order chi connectivity index (χ0) is 16.9. The molecule has 24 heavy (non-hydrogen) atoms. The lowest BCUT2D eigenvalue weighted by Gasteiger charge is -2.14. The van der Waals surface area contributed by atoms with Crippen molar-refractivity contribution in [3.63, 3.8) is 0 Å². The molecule has 2 heterocycles. The number of ether oxygens (including phenoxy) is 1. The van der Waals surface area contributed by atoms with Gasteiger partial charge in [0.25, 0.3) is 5.56 Å². The van der Waals surface area contributed by atoms with Gasteiger partial charge < -0.3 is 9.64 Å². The lowest BCUT2D eigenvalue weighted by molar-refractivity contribution is -0.908. The van der Waals surface area contributed by atoms with Gasteiger partial charge in [-0.2, -0.15) is 0 Å². The van der Waals surface area contributed by atoms with E-state index >= 15 is 0 Å². The van der Waals surface area contributed by atoms with Crippen LogP contribution in [0.15, 0.2) is 59.4 Å². The fourth-order valence-corrected chi connectivity index (χ4v) is 3.30. The summed E-state index contributed by atoms with van der Waals surface area (Å²) in [5, 5.41) is 1.88. The summed E-state index contributed by atoms with van der Waals surface area (Å²) in [5.41, 5.74) is 2.02. The summed E-state index contributed by atoms with van der Waals surface area (Å²) in [4.78, 5) is 18.6. The minimum atomic E-state index is -0.0206. The summed E-state index contributed by atoms with van der Waals surface area (Å²) < 4.78 is 7.06. The first-order valence-electron chi connectivity index (χ1n) is 7.75. The van der Waals surface area contributed by atoms with Crippen LogP contribution in [0.3, 0.4) is 0 Å². The second-order valence-electron chi connectivity index (χ2n) is 5.70. The predicted molar refractivity (Wildman–Crippen MR) is 95.8 cm³/mol. The smallest absolute Gasteiger partial charge is 0.258 e. The molecule has 6 heteroatoms. The van der Waals surface area contributed by atoms with E-state index in [2.05, 4.69) is 30.7 Å². The van der Waals surface area contributed by atoms with Gasteiger partial charge in [-0.3, -0.25) is 9.20 Å². The molecule has 0 aliphatic heterocycles. The summed E-state index contributed by atoms with van der Waals surface area (Å²) in [6.07, 6.45) is 3.48. The lowest BCUT2D eigenvalue weighted by atomic mass is 10.2. The highest BCUT2D eigenvalue weighted by Crippen LogP contribution is 2.11. The topological polar surface area (TPSA) is 48.0 Å². The number of fused-ring (bicyclic) bond motifs is 1. The fourth-order valence-electron chi connectivity index (χ4n) is 2.56. The molecule has 0 aliphatic rings. The molecular weight excluding hydrogens is 322 g/mol. The van der Waals surface area contributed by atoms with E-state index in [1.165, 1.54) is 21.8 Å². The van der Waals surface area contributed by atoms with Gasteiger partial charge in [0.05, 0.1) is 7.05 Å². The highest BCUT2D eigenvalue weighted by Gasteiger charge is 2.10. The standard InChI is InChI=1S/C18H19N3O2S/c1-3-9-23-16-6-4-14(5-7-16)12-20(2)13-15-11-17(22)21-8-10-24-18(21)19-15/h3-8,10-11H,1,9,12-13H2,2H3/p+1. The van der Waals surface area contributed by atoms with Gasteiger partial charge in [-0.25, -0.2) is 4.98 Å². The van der Waals surface area contributed by atoms with Crippen molar-refractivity contribution >= 4 is 16.3 Å². The van der Waals surface area contributed by atoms with Crippen molar-refractivity contribution in [3.8, 4) is 5.75 Å². The third kappa shape index (κ3) is 3.90. The van der Waals surface area contributed by atoms with Gasteiger partial charge in [0.15, 0.2) is 4.96 Å². The molecule has 2 aromatic heterocycles. The Bertz CT molecular complexity index is 883. The van der Waals surface area contributed by atoms with E-state index in [-0.39, 0.29) is 5.56 Å². The number of thiazole rings is 1. The van der Waals surface area contributed by atoms with Gasteiger partial charge in [0.2, 0.25) is 0 Å². The average molecular weight is 342 g/mol. The van der Waals surface area contributed by atoms with Crippen molar-refractivity contribution in [1.82, 2.24) is 9.38 Å². The zero-order valence-corrected chi connectivity index (χ0v) is 14.4. The summed E-state index contributed by atoms with van der Waals surface area (Å²) >= 11 is 1.48. The van der Waals surface area contributed by atoms with Crippen LogP contribution in [-0.2, 0) is 13.1 Å². The van der Waals surface area contributed by atoms with Crippen LogP contribution < -0.4 is 15.2 Å². The Morgan fingerprint density at radius 1 is 1.33 bits per heavy atom. The molecule has 3 rings (SSSR count). The van der Waals surface area contributed by atoms with Gasteiger partial charge >= 0.3 is 0 Å². The maximum Gasteiger partial charge on any atom is 0.258 e. The molecule has 3 aromatic rings. The SMILES string of the molecule is C=CCOc1ccc(C[NH+](C)Cc2cc(=O)n3ccsc3n2)cc1.